The van der Waals surface area contributed by atoms with Gasteiger partial charge in [-0.05, 0) is 40.5 Å². The summed E-state index contributed by atoms with van der Waals surface area (Å²) < 4.78 is 12.0. The molecule has 5 nitrogen and oxygen atoms in total. The second-order valence-electron chi connectivity index (χ2n) is 6.17. The summed E-state index contributed by atoms with van der Waals surface area (Å²) in [6.07, 6.45) is 2.47. The molecule has 2 atom stereocenters. The Labute approximate surface area is 129 Å². The van der Waals surface area contributed by atoms with Gasteiger partial charge in [-0.2, -0.15) is 0 Å². The second-order valence-corrected chi connectivity index (χ2v) is 6.17. The predicted molar refractivity (Wildman–Crippen MR) is 84.0 cm³/mol. The molecule has 5 heteroatoms. The Morgan fingerprint density at radius 3 is 1.76 bits per heavy atom. The number of carbonyl (C=O) groups excluding carboxylic acids is 1. The Kier molecular flexibility index (Phi) is 7.46. The highest BCUT2D eigenvalue weighted by Gasteiger charge is 2.47. The van der Waals surface area contributed by atoms with Gasteiger partial charge in [-0.25, -0.2) is 4.79 Å². The quantitative estimate of drug-likeness (QED) is 0.655. The van der Waals surface area contributed by atoms with Gasteiger partial charge in [0.1, 0.15) is 0 Å². The van der Waals surface area contributed by atoms with Crippen LogP contribution in [0.3, 0.4) is 0 Å². The van der Waals surface area contributed by atoms with Gasteiger partial charge in [-0.3, -0.25) is 9.80 Å². The van der Waals surface area contributed by atoms with Crippen molar-refractivity contribution < 1.29 is 14.3 Å². The van der Waals surface area contributed by atoms with E-state index >= 15 is 0 Å². The van der Waals surface area contributed by atoms with Crippen LogP contribution < -0.4 is 0 Å². The van der Waals surface area contributed by atoms with Gasteiger partial charge in [0, 0.05) is 13.1 Å². The van der Waals surface area contributed by atoms with Crippen molar-refractivity contribution in [2.24, 2.45) is 0 Å². The molecule has 0 aromatic rings. The molecule has 1 fully saturated rings. The number of rotatable bonds is 9. The van der Waals surface area contributed by atoms with Crippen LogP contribution >= 0.6 is 0 Å². The number of carbonyl (C=O) groups is 1. The van der Waals surface area contributed by atoms with Crippen molar-refractivity contribution >= 4 is 6.03 Å². The fourth-order valence-corrected chi connectivity index (χ4v) is 2.54. The van der Waals surface area contributed by atoms with E-state index in [9.17, 15) is 4.79 Å². The summed E-state index contributed by atoms with van der Waals surface area (Å²) in [5.41, 5.74) is 0. The molecule has 1 rings (SSSR count). The molecule has 1 aliphatic rings. The summed E-state index contributed by atoms with van der Waals surface area (Å²) in [7, 11) is 0. The van der Waals surface area contributed by atoms with Crippen molar-refractivity contribution in [2.75, 3.05) is 13.1 Å². The maximum absolute atomic E-state index is 12.7. The molecule has 0 aromatic carbocycles. The molecule has 0 radical (unpaired) electrons. The first-order chi connectivity index (χ1) is 9.92. The third-order valence-electron chi connectivity index (χ3n) is 3.39. The SMILES string of the molecule is CCCCN1C(=O)N(CCC)C(OC(C)C)C1OC(C)C. The van der Waals surface area contributed by atoms with Gasteiger partial charge in [-0.15, -0.1) is 0 Å². The molecular formula is C16H32N2O3. The maximum Gasteiger partial charge on any atom is 0.324 e. The van der Waals surface area contributed by atoms with Crippen molar-refractivity contribution in [1.29, 1.82) is 0 Å². The molecule has 0 aromatic heterocycles. The van der Waals surface area contributed by atoms with Gasteiger partial charge in [0.15, 0.2) is 12.5 Å². The zero-order valence-corrected chi connectivity index (χ0v) is 14.5. The number of ether oxygens (including phenoxy) is 2. The molecule has 0 bridgehead atoms. The van der Waals surface area contributed by atoms with Crippen molar-refractivity contribution in [3.05, 3.63) is 0 Å². The summed E-state index contributed by atoms with van der Waals surface area (Å²) in [5, 5.41) is 0. The Bertz CT molecular complexity index is 321. The fraction of sp³-hybridized carbons (Fsp3) is 0.938. The first kappa shape index (κ1) is 18.2. The minimum Gasteiger partial charge on any atom is -0.351 e. The fourth-order valence-electron chi connectivity index (χ4n) is 2.54. The zero-order chi connectivity index (χ0) is 16.0. The molecule has 21 heavy (non-hydrogen) atoms. The second kappa shape index (κ2) is 8.59. The van der Waals surface area contributed by atoms with Crippen molar-refractivity contribution in [1.82, 2.24) is 9.80 Å². The van der Waals surface area contributed by atoms with Crippen LogP contribution in [0.2, 0.25) is 0 Å². The van der Waals surface area contributed by atoms with Crippen molar-refractivity contribution in [3.63, 3.8) is 0 Å². The standard InChI is InChI=1S/C16H32N2O3/c1-7-9-11-18-15(21-13(5)6)14(20-12(3)4)17(10-8-2)16(18)19/h12-15H,7-11H2,1-6H3. The summed E-state index contributed by atoms with van der Waals surface area (Å²) in [6.45, 7) is 13.6. The molecule has 2 amide bonds. The molecular weight excluding hydrogens is 268 g/mol. The topological polar surface area (TPSA) is 42.0 Å². The Balaban J connectivity index is 2.96. The minimum atomic E-state index is -0.309. The van der Waals surface area contributed by atoms with E-state index in [1.54, 1.807) is 0 Å². The van der Waals surface area contributed by atoms with Gasteiger partial charge >= 0.3 is 6.03 Å². The van der Waals surface area contributed by atoms with Gasteiger partial charge in [0.05, 0.1) is 12.2 Å². The van der Waals surface area contributed by atoms with E-state index in [1.165, 1.54) is 0 Å². The number of unbranched alkanes of at least 4 members (excludes halogenated alkanes) is 1. The van der Waals surface area contributed by atoms with E-state index in [0.29, 0.717) is 6.54 Å². The number of hydrogen-bond acceptors (Lipinski definition) is 3. The lowest BCUT2D eigenvalue weighted by Gasteiger charge is -2.30. The highest BCUT2D eigenvalue weighted by atomic mass is 16.6. The molecule has 0 N–H and O–H groups in total. The number of urea groups is 1. The van der Waals surface area contributed by atoms with Crippen LogP contribution in [0.4, 0.5) is 4.79 Å². The molecule has 2 unspecified atom stereocenters. The molecule has 1 heterocycles. The normalized spacial score (nSPS) is 23.0. The van der Waals surface area contributed by atoms with E-state index in [2.05, 4.69) is 13.8 Å². The smallest absolute Gasteiger partial charge is 0.324 e. The van der Waals surface area contributed by atoms with E-state index in [-0.39, 0.29) is 30.7 Å². The lowest BCUT2D eigenvalue weighted by atomic mass is 10.3. The third-order valence-corrected chi connectivity index (χ3v) is 3.39. The zero-order valence-electron chi connectivity index (χ0n) is 14.5. The largest absolute Gasteiger partial charge is 0.351 e. The van der Waals surface area contributed by atoms with Crippen LogP contribution in [-0.4, -0.2) is 53.6 Å². The number of hydrogen-bond donors (Lipinski definition) is 0. The van der Waals surface area contributed by atoms with Crippen LogP contribution in [0.5, 0.6) is 0 Å². The Morgan fingerprint density at radius 1 is 0.905 bits per heavy atom. The van der Waals surface area contributed by atoms with Gasteiger partial charge in [0.25, 0.3) is 0 Å². The van der Waals surface area contributed by atoms with Crippen LogP contribution in [-0.2, 0) is 9.47 Å². The number of nitrogens with zero attached hydrogens (tertiary/aromatic N) is 2. The van der Waals surface area contributed by atoms with Crippen LogP contribution in [0.25, 0.3) is 0 Å². The van der Waals surface area contributed by atoms with Gasteiger partial charge in [0.2, 0.25) is 0 Å². The monoisotopic (exact) mass is 300 g/mol. The van der Waals surface area contributed by atoms with Crippen LogP contribution in [0, 0.1) is 0 Å². The minimum absolute atomic E-state index is 0.0431. The molecule has 124 valence electrons. The number of amides is 2. The van der Waals surface area contributed by atoms with Gasteiger partial charge in [-0.1, -0.05) is 20.3 Å². The maximum atomic E-state index is 12.7. The van der Waals surface area contributed by atoms with E-state index in [0.717, 1.165) is 25.8 Å². The van der Waals surface area contributed by atoms with Crippen molar-refractivity contribution in [2.45, 2.75) is 85.5 Å². The first-order valence-electron chi connectivity index (χ1n) is 8.30. The summed E-state index contributed by atoms with van der Waals surface area (Å²) in [6, 6.07) is 0.0431. The van der Waals surface area contributed by atoms with E-state index < -0.39 is 0 Å². The molecule has 0 spiro atoms. The van der Waals surface area contributed by atoms with Crippen LogP contribution in [0.1, 0.15) is 60.8 Å². The summed E-state index contributed by atoms with van der Waals surface area (Å²) in [4.78, 5) is 16.3. The first-order valence-corrected chi connectivity index (χ1v) is 8.30. The Hall–Kier alpha value is -0.810. The van der Waals surface area contributed by atoms with Crippen LogP contribution in [0.15, 0.2) is 0 Å². The van der Waals surface area contributed by atoms with Crippen molar-refractivity contribution in [3.8, 4) is 0 Å². The van der Waals surface area contributed by atoms with E-state index in [4.69, 9.17) is 9.47 Å². The highest BCUT2D eigenvalue weighted by molar-refractivity contribution is 5.77. The molecule has 0 aliphatic carbocycles. The average Bonchev–Trinajstić information content (AvgIpc) is 2.61. The predicted octanol–water partition coefficient (Wildman–Crippen LogP) is 3.44. The lowest BCUT2D eigenvalue weighted by molar-refractivity contribution is -0.165. The molecule has 0 saturated carbocycles. The third kappa shape index (κ3) is 4.85. The highest BCUT2D eigenvalue weighted by Crippen LogP contribution is 2.27. The summed E-state index contributed by atoms with van der Waals surface area (Å²) >= 11 is 0. The summed E-state index contributed by atoms with van der Waals surface area (Å²) in [5.74, 6) is 0. The van der Waals surface area contributed by atoms with E-state index in [1.807, 2.05) is 37.5 Å². The Morgan fingerprint density at radius 2 is 1.38 bits per heavy atom. The molecule has 1 saturated heterocycles. The molecule has 1 aliphatic heterocycles. The van der Waals surface area contributed by atoms with Gasteiger partial charge < -0.3 is 9.47 Å². The lowest BCUT2D eigenvalue weighted by Crippen LogP contribution is -2.44. The average molecular weight is 300 g/mol.